The van der Waals surface area contributed by atoms with Crippen molar-refractivity contribution in [2.75, 3.05) is 45.8 Å². The Morgan fingerprint density at radius 2 is 1.86 bits per heavy atom. The van der Waals surface area contributed by atoms with E-state index >= 15 is 0 Å². The molecule has 194 valence electrons. The van der Waals surface area contributed by atoms with E-state index in [4.69, 9.17) is 26.4 Å². The zero-order valence-electron chi connectivity index (χ0n) is 20.5. The van der Waals surface area contributed by atoms with Crippen LogP contribution in [0.15, 0.2) is 35.6 Å². The highest BCUT2D eigenvalue weighted by atomic mass is 32.1. The molecule has 0 amide bonds. The van der Waals surface area contributed by atoms with Crippen LogP contribution in [0.5, 0.6) is 11.5 Å². The Morgan fingerprint density at radius 3 is 2.51 bits per heavy atom. The Balaban J connectivity index is 1.39. The fraction of sp³-hybridized carbons (Fsp3) is 0.560. The van der Waals surface area contributed by atoms with Crippen LogP contribution in [-0.2, 0) is 11.3 Å². The summed E-state index contributed by atoms with van der Waals surface area (Å²) in [6.07, 6.45) is 3.93. The maximum absolute atomic E-state index is 13.5. The van der Waals surface area contributed by atoms with Gasteiger partial charge in [0.2, 0.25) is 0 Å². The quantitative estimate of drug-likeness (QED) is 0.315. The molecule has 1 heterocycles. The van der Waals surface area contributed by atoms with Crippen LogP contribution in [0.25, 0.3) is 0 Å². The number of aliphatic hydroxyl groups is 1. The highest BCUT2D eigenvalue weighted by molar-refractivity contribution is 7.80. The van der Waals surface area contributed by atoms with Gasteiger partial charge in [0.1, 0.15) is 11.6 Å². The first kappa shape index (κ1) is 27.2. The van der Waals surface area contributed by atoms with E-state index in [-0.39, 0.29) is 25.0 Å². The molecule has 1 aromatic carbocycles. The van der Waals surface area contributed by atoms with Crippen molar-refractivity contribution >= 4 is 23.0 Å². The van der Waals surface area contributed by atoms with E-state index in [2.05, 4.69) is 15.5 Å². The van der Waals surface area contributed by atoms with Gasteiger partial charge in [-0.25, -0.2) is 8.78 Å². The molecule has 0 spiro atoms. The van der Waals surface area contributed by atoms with Crippen LogP contribution in [0, 0.1) is 5.92 Å². The third-order valence-electron chi connectivity index (χ3n) is 6.34. The molecule has 1 atom stereocenters. The van der Waals surface area contributed by atoms with Crippen molar-refractivity contribution in [1.29, 1.82) is 0 Å². The molecule has 1 aliphatic carbocycles. The zero-order chi connectivity index (χ0) is 25.4. The van der Waals surface area contributed by atoms with Gasteiger partial charge >= 0.3 is 0 Å². The van der Waals surface area contributed by atoms with Crippen molar-refractivity contribution < 1.29 is 28.1 Å². The number of piperidine rings is 1. The number of aliphatic hydroxyl groups excluding tert-OH is 1. The number of benzene rings is 1. The lowest BCUT2D eigenvalue weighted by Gasteiger charge is -2.33. The summed E-state index contributed by atoms with van der Waals surface area (Å²) in [6, 6.07) is 3.73. The van der Waals surface area contributed by atoms with Crippen molar-refractivity contribution in [3.05, 3.63) is 41.2 Å². The SMILES string of the molecule is COc1cc(CO)c(NC(=S)NC2CCN(CCCOC3=CC(F)=C(F)CC3C)CC2)cc1OC. The van der Waals surface area contributed by atoms with Crippen molar-refractivity contribution in [3.8, 4) is 11.5 Å². The van der Waals surface area contributed by atoms with Crippen LogP contribution in [0.2, 0.25) is 0 Å². The number of hydrogen-bond acceptors (Lipinski definition) is 6. The highest BCUT2D eigenvalue weighted by Crippen LogP contribution is 2.33. The largest absolute Gasteiger partial charge is 0.497 e. The molecule has 0 bridgehead atoms. The molecule has 1 aliphatic heterocycles. The number of nitrogens with zero attached hydrogens (tertiary/aromatic N) is 1. The lowest BCUT2D eigenvalue weighted by molar-refractivity contribution is 0.144. The van der Waals surface area contributed by atoms with Gasteiger partial charge in [-0.2, -0.15) is 0 Å². The minimum atomic E-state index is -0.821. The van der Waals surface area contributed by atoms with E-state index in [1.165, 1.54) is 6.08 Å². The molecule has 0 aromatic heterocycles. The summed E-state index contributed by atoms with van der Waals surface area (Å²) in [6.45, 7) is 4.91. The monoisotopic (exact) mass is 511 g/mol. The molecule has 1 fully saturated rings. The minimum Gasteiger partial charge on any atom is -0.497 e. The van der Waals surface area contributed by atoms with Crippen molar-refractivity contribution in [3.63, 3.8) is 0 Å². The number of rotatable bonds is 10. The van der Waals surface area contributed by atoms with Gasteiger partial charge in [-0.05, 0) is 37.5 Å². The number of allylic oxidation sites excluding steroid dienone is 4. The van der Waals surface area contributed by atoms with Crippen LogP contribution < -0.4 is 20.1 Å². The number of likely N-dealkylation sites (tertiary alicyclic amines) is 1. The minimum absolute atomic E-state index is 0.0578. The molecular weight excluding hydrogens is 476 g/mol. The van der Waals surface area contributed by atoms with Crippen molar-refractivity contribution in [2.45, 2.75) is 45.3 Å². The average molecular weight is 512 g/mol. The molecule has 2 aliphatic rings. The summed E-state index contributed by atoms with van der Waals surface area (Å²) >= 11 is 5.50. The Labute approximate surface area is 211 Å². The van der Waals surface area contributed by atoms with Gasteiger partial charge in [-0.1, -0.05) is 6.92 Å². The first-order chi connectivity index (χ1) is 16.8. The van der Waals surface area contributed by atoms with Gasteiger partial charge in [-0.3, -0.25) is 0 Å². The number of anilines is 1. The lowest BCUT2D eigenvalue weighted by Crippen LogP contribution is -2.46. The van der Waals surface area contributed by atoms with Crippen LogP contribution in [0.1, 0.15) is 38.2 Å². The summed E-state index contributed by atoms with van der Waals surface area (Å²) in [7, 11) is 3.11. The van der Waals surface area contributed by atoms with E-state index in [0.29, 0.717) is 40.2 Å². The van der Waals surface area contributed by atoms with E-state index < -0.39 is 11.7 Å². The summed E-state index contributed by atoms with van der Waals surface area (Å²) in [5, 5.41) is 16.7. The summed E-state index contributed by atoms with van der Waals surface area (Å²) in [4.78, 5) is 2.37. The van der Waals surface area contributed by atoms with Crippen LogP contribution in [0.4, 0.5) is 14.5 Å². The number of methoxy groups -OCH3 is 2. The van der Waals surface area contributed by atoms with Gasteiger partial charge < -0.3 is 34.9 Å². The number of halogens is 2. The van der Waals surface area contributed by atoms with E-state index in [1.54, 1.807) is 26.4 Å². The lowest BCUT2D eigenvalue weighted by atomic mass is 9.99. The molecule has 1 saturated heterocycles. The second-order valence-corrected chi connectivity index (χ2v) is 9.25. The molecule has 1 unspecified atom stereocenters. The maximum atomic E-state index is 13.5. The Hall–Kier alpha value is -2.43. The molecule has 3 rings (SSSR count). The van der Waals surface area contributed by atoms with E-state index in [1.807, 2.05) is 6.92 Å². The van der Waals surface area contributed by atoms with E-state index in [9.17, 15) is 13.9 Å². The fourth-order valence-electron chi connectivity index (χ4n) is 4.29. The molecule has 0 saturated carbocycles. The Bertz CT molecular complexity index is 949. The third-order valence-corrected chi connectivity index (χ3v) is 6.56. The first-order valence-electron chi connectivity index (χ1n) is 11.9. The molecular formula is C25H35F2N3O4S. The molecule has 3 N–H and O–H groups in total. The Kier molecular flexibility index (Phi) is 10.1. The smallest absolute Gasteiger partial charge is 0.171 e. The van der Waals surface area contributed by atoms with Crippen molar-refractivity contribution in [2.24, 2.45) is 5.92 Å². The molecule has 10 heteroatoms. The summed E-state index contributed by atoms with van der Waals surface area (Å²) in [5.74, 6) is -0.0443. The number of ether oxygens (including phenoxy) is 3. The summed E-state index contributed by atoms with van der Waals surface area (Å²) in [5.41, 5.74) is 1.33. The first-order valence-corrected chi connectivity index (χ1v) is 12.3. The van der Waals surface area contributed by atoms with Crippen LogP contribution in [0.3, 0.4) is 0 Å². The van der Waals surface area contributed by atoms with Gasteiger partial charge in [0.25, 0.3) is 0 Å². The molecule has 1 aromatic rings. The number of hydrogen-bond donors (Lipinski definition) is 3. The van der Waals surface area contributed by atoms with Gasteiger partial charge in [0.05, 0.1) is 27.4 Å². The molecule has 7 nitrogen and oxygen atoms in total. The van der Waals surface area contributed by atoms with Gasteiger partial charge in [0.15, 0.2) is 22.4 Å². The van der Waals surface area contributed by atoms with Crippen LogP contribution in [-0.4, -0.2) is 61.6 Å². The number of nitrogens with one attached hydrogen (secondary N) is 2. The average Bonchev–Trinajstić information content (AvgIpc) is 2.85. The second kappa shape index (κ2) is 13.0. The maximum Gasteiger partial charge on any atom is 0.171 e. The van der Waals surface area contributed by atoms with Crippen LogP contribution >= 0.6 is 12.2 Å². The van der Waals surface area contributed by atoms with Gasteiger partial charge in [-0.15, -0.1) is 0 Å². The summed E-state index contributed by atoms with van der Waals surface area (Å²) < 4.78 is 43.1. The zero-order valence-corrected chi connectivity index (χ0v) is 21.4. The fourth-order valence-corrected chi connectivity index (χ4v) is 4.56. The topological polar surface area (TPSA) is 75.2 Å². The number of thiocarbonyl (C=S) groups is 1. The predicted octanol–water partition coefficient (Wildman–Crippen LogP) is 4.43. The van der Waals surface area contributed by atoms with E-state index in [0.717, 1.165) is 38.9 Å². The molecule has 0 radical (unpaired) electrons. The predicted molar refractivity (Wildman–Crippen MR) is 136 cm³/mol. The Morgan fingerprint density at radius 1 is 1.17 bits per heavy atom. The normalized spacial score (nSPS) is 19.3. The van der Waals surface area contributed by atoms with Gasteiger partial charge in [0, 0.05) is 61.4 Å². The second-order valence-electron chi connectivity index (χ2n) is 8.84. The third kappa shape index (κ3) is 7.52. The highest BCUT2D eigenvalue weighted by Gasteiger charge is 2.23. The molecule has 35 heavy (non-hydrogen) atoms. The van der Waals surface area contributed by atoms with Crippen molar-refractivity contribution in [1.82, 2.24) is 10.2 Å². The standard InChI is InChI=1S/C25H35F2N3O4S/c1-16-11-19(26)20(27)13-22(16)34-10-4-7-30-8-5-18(6-9-30)28-25(35)29-21-14-24(33-3)23(32-2)12-17(21)15-31/h12-14,16,18,31H,4-11,15H2,1-3H3,(H2,28,29,35).